The van der Waals surface area contributed by atoms with Gasteiger partial charge in [0, 0.05) is 18.2 Å². The number of hydrogen-bond acceptors (Lipinski definition) is 6. The van der Waals surface area contributed by atoms with E-state index >= 15 is 0 Å². The lowest BCUT2D eigenvalue weighted by Gasteiger charge is -2.10. The molecule has 6 nitrogen and oxygen atoms in total. The van der Waals surface area contributed by atoms with Gasteiger partial charge in [-0.3, -0.25) is 0 Å². The topological polar surface area (TPSA) is 66.6 Å². The van der Waals surface area contributed by atoms with E-state index in [2.05, 4.69) is 10.1 Å². The van der Waals surface area contributed by atoms with Gasteiger partial charge >= 0.3 is 0 Å². The van der Waals surface area contributed by atoms with E-state index in [9.17, 15) is 0 Å². The molecule has 0 fully saturated rings. The number of nitrogens with zero attached hydrogens (tertiary/aromatic N) is 2. The van der Waals surface area contributed by atoms with E-state index < -0.39 is 0 Å². The van der Waals surface area contributed by atoms with Gasteiger partial charge in [-0.2, -0.15) is 4.98 Å². The summed E-state index contributed by atoms with van der Waals surface area (Å²) >= 11 is 0. The van der Waals surface area contributed by atoms with E-state index in [-0.39, 0.29) is 0 Å². The van der Waals surface area contributed by atoms with Gasteiger partial charge in [-0.25, -0.2) is 0 Å². The quantitative estimate of drug-likeness (QED) is 0.610. The number of rotatable bonds is 7. The van der Waals surface area contributed by atoms with Crippen LogP contribution in [0.25, 0.3) is 22.8 Å². The second kappa shape index (κ2) is 7.81. The van der Waals surface area contributed by atoms with Crippen molar-refractivity contribution in [3.63, 3.8) is 0 Å². The molecule has 0 bridgehead atoms. The standard InChI is InChI=1S/C19H20N2O4/c1-13-6-4-5-7-15(13)19-20-18(21-25-19)14-8-9-16(17(12-14)23-3)24-11-10-22-2/h4-9,12H,10-11H2,1-3H3. The fourth-order valence-electron chi connectivity index (χ4n) is 2.42. The molecule has 3 aromatic rings. The maximum absolute atomic E-state index is 5.64. The van der Waals surface area contributed by atoms with E-state index in [4.69, 9.17) is 18.7 Å². The summed E-state index contributed by atoms with van der Waals surface area (Å²) in [4.78, 5) is 4.50. The molecule has 0 aliphatic rings. The van der Waals surface area contributed by atoms with Crippen LogP contribution in [-0.2, 0) is 4.74 Å². The Morgan fingerprint density at radius 3 is 2.60 bits per heavy atom. The molecule has 0 aliphatic heterocycles. The van der Waals surface area contributed by atoms with Crippen molar-refractivity contribution in [2.24, 2.45) is 0 Å². The third-order valence-corrected chi connectivity index (χ3v) is 3.77. The maximum Gasteiger partial charge on any atom is 0.258 e. The number of aromatic nitrogens is 2. The third-order valence-electron chi connectivity index (χ3n) is 3.77. The van der Waals surface area contributed by atoms with Gasteiger partial charge in [0.05, 0.1) is 13.7 Å². The lowest BCUT2D eigenvalue weighted by Crippen LogP contribution is -2.05. The predicted molar refractivity (Wildman–Crippen MR) is 93.8 cm³/mol. The zero-order valence-electron chi connectivity index (χ0n) is 14.5. The van der Waals surface area contributed by atoms with Crippen LogP contribution in [0.15, 0.2) is 47.0 Å². The highest BCUT2D eigenvalue weighted by Crippen LogP contribution is 2.32. The lowest BCUT2D eigenvalue weighted by atomic mass is 10.1. The smallest absolute Gasteiger partial charge is 0.258 e. The fraction of sp³-hybridized carbons (Fsp3) is 0.263. The Hall–Kier alpha value is -2.86. The van der Waals surface area contributed by atoms with Crippen LogP contribution in [0.5, 0.6) is 11.5 Å². The van der Waals surface area contributed by atoms with Crippen molar-refractivity contribution in [2.75, 3.05) is 27.4 Å². The first-order valence-electron chi connectivity index (χ1n) is 7.92. The Morgan fingerprint density at radius 1 is 1.00 bits per heavy atom. The molecule has 6 heteroatoms. The van der Waals surface area contributed by atoms with Crippen LogP contribution in [0.2, 0.25) is 0 Å². The fourth-order valence-corrected chi connectivity index (χ4v) is 2.42. The molecule has 3 rings (SSSR count). The highest BCUT2D eigenvalue weighted by molar-refractivity contribution is 5.64. The molecular formula is C19H20N2O4. The summed E-state index contributed by atoms with van der Waals surface area (Å²) in [7, 11) is 3.23. The average molecular weight is 340 g/mol. The van der Waals surface area contributed by atoms with Crippen LogP contribution in [0.3, 0.4) is 0 Å². The van der Waals surface area contributed by atoms with Crippen molar-refractivity contribution in [3.05, 3.63) is 48.0 Å². The van der Waals surface area contributed by atoms with Crippen LogP contribution in [-0.4, -0.2) is 37.6 Å². The predicted octanol–water partition coefficient (Wildman–Crippen LogP) is 3.75. The minimum absolute atomic E-state index is 0.450. The second-order valence-corrected chi connectivity index (χ2v) is 5.44. The SMILES string of the molecule is COCCOc1ccc(-c2noc(-c3ccccc3C)n2)cc1OC. The van der Waals surface area contributed by atoms with Crippen LogP contribution >= 0.6 is 0 Å². The Bertz CT molecular complexity index is 845. The van der Waals surface area contributed by atoms with Gasteiger partial charge in [0.1, 0.15) is 6.61 Å². The Balaban J connectivity index is 1.86. The van der Waals surface area contributed by atoms with Crippen molar-refractivity contribution < 1.29 is 18.7 Å². The van der Waals surface area contributed by atoms with Gasteiger partial charge in [-0.1, -0.05) is 23.4 Å². The number of aryl methyl sites for hydroxylation is 1. The minimum Gasteiger partial charge on any atom is -0.493 e. The first-order valence-corrected chi connectivity index (χ1v) is 7.92. The van der Waals surface area contributed by atoms with Crippen molar-refractivity contribution in [1.82, 2.24) is 10.1 Å². The van der Waals surface area contributed by atoms with Crippen molar-refractivity contribution in [2.45, 2.75) is 6.92 Å². The van der Waals surface area contributed by atoms with Crippen LogP contribution in [0, 0.1) is 6.92 Å². The average Bonchev–Trinajstić information content (AvgIpc) is 3.12. The molecule has 25 heavy (non-hydrogen) atoms. The van der Waals surface area contributed by atoms with E-state index in [0.717, 1.165) is 16.7 Å². The van der Waals surface area contributed by atoms with E-state index in [1.165, 1.54) is 0 Å². The van der Waals surface area contributed by atoms with E-state index in [0.29, 0.717) is 36.4 Å². The highest BCUT2D eigenvalue weighted by atomic mass is 16.5. The molecule has 1 aromatic heterocycles. The van der Waals surface area contributed by atoms with Crippen LogP contribution < -0.4 is 9.47 Å². The molecule has 1 heterocycles. The van der Waals surface area contributed by atoms with Gasteiger partial charge in [-0.15, -0.1) is 0 Å². The highest BCUT2D eigenvalue weighted by Gasteiger charge is 2.14. The van der Waals surface area contributed by atoms with E-state index in [1.54, 1.807) is 14.2 Å². The lowest BCUT2D eigenvalue weighted by molar-refractivity contribution is 0.144. The Morgan fingerprint density at radius 2 is 1.84 bits per heavy atom. The first-order chi connectivity index (χ1) is 12.2. The number of methoxy groups -OCH3 is 2. The summed E-state index contributed by atoms with van der Waals surface area (Å²) in [5.74, 6) is 2.24. The van der Waals surface area contributed by atoms with Crippen molar-refractivity contribution in [3.8, 4) is 34.3 Å². The molecule has 0 saturated heterocycles. The third kappa shape index (κ3) is 3.80. The maximum atomic E-state index is 5.64. The molecule has 0 spiro atoms. The minimum atomic E-state index is 0.450. The Kier molecular flexibility index (Phi) is 5.30. The zero-order valence-corrected chi connectivity index (χ0v) is 14.5. The summed E-state index contributed by atoms with van der Waals surface area (Å²) in [6.45, 7) is 2.97. The summed E-state index contributed by atoms with van der Waals surface area (Å²) in [6.07, 6.45) is 0. The van der Waals surface area contributed by atoms with Crippen molar-refractivity contribution in [1.29, 1.82) is 0 Å². The van der Waals surface area contributed by atoms with Gasteiger partial charge in [-0.05, 0) is 36.8 Å². The number of hydrogen-bond donors (Lipinski definition) is 0. The van der Waals surface area contributed by atoms with Gasteiger partial charge in [0.15, 0.2) is 11.5 Å². The van der Waals surface area contributed by atoms with Gasteiger partial charge < -0.3 is 18.7 Å². The largest absolute Gasteiger partial charge is 0.493 e. The Labute approximate surface area is 146 Å². The molecule has 0 radical (unpaired) electrons. The molecule has 0 saturated carbocycles. The molecule has 0 unspecified atom stereocenters. The summed E-state index contributed by atoms with van der Waals surface area (Å²) in [5.41, 5.74) is 2.80. The summed E-state index contributed by atoms with van der Waals surface area (Å²) in [6, 6.07) is 13.4. The first kappa shape index (κ1) is 17.0. The van der Waals surface area contributed by atoms with Gasteiger partial charge in [0.25, 0.3) is 5.89 Å². The normalized spacial score (nSPS) is 10.7. The molecule has 0 aliphatic carbocycles. The molecule has 0 atom stereocenters. The summed E-state index contributed by atoms with van der Waals surface area (Å²) in [5, 5.41) is 4.08. The van der Waals surface area contributed by atoms with Crippen molar-refractivity contribution >= 4 is 0 Å². The molecule has 0 N–H and O–H groups in total. The number of benzene rings is 2. The molecular weight excluding hydrogens is 320 g/mol. The van der Waals surface area contributed by atoms with E-state index in [1.807, 2.05) is 49.4 Å². The zero-order chi connectivity index (χ0) is 17.6. The molecule has 130 valence electrons. The van der Waals surface area contributed by atoms with Crippen LogP contribution in [0.1, 0.15) is 5.56 Å². The monoisotopic (exact) mass is 340 g/mol. The second-order valence-electron chi connectivity index (χ2n) is 5.44. The summed E-state index contributed by atoms with van der Waals surface area (Å²) < 4.78 is 21.4. The molecule has 0 amide bonds. The van der Waals surface area contributed by atoms with Crippen LogP contribution in [0.4, 0.5) is 0 Å². The van der Waals surface area contributed by atoms with Gasteiger partial charge in [0.2, 0.25) is 5.82 Å². The number of ether oxygens (including phenoxy) is 3. The molecule has 2 aromatic carbocycles.